The van der Waals surface area contributed by atoms with Crippen LogP contribution in [0.1, 0.15) is 5.56 Å². The normalized spacial score (nSPS) is 11.0. The highest BCUT2D eigenvalue weighted by Gasteiger charge is 2.10. The molecule has 2 N–H and O–H groups in total. The Bertz CT molecular complexity index is 787. The van der Waals surface area contributed by atoms with Gasteiger partial charge in [0.15, 0.2) is 0 Å². The van der Waals surface area contributed by atoms with E-state index in [0.717, 1.165) is 22.5 Å². The van der Waals surface area contributed by atoms with Crippen molar-refractivity contribution in [1.82, 2.24) is 14.9 Å². The molecule has 0 spiro atoms. The van der Waals surface area contributed by atoms with Crippen molar-refractivity contribution < 1.29 is 5.11 Å². The number of hydrogen-bond donors (Lipinski definition) is 2. The minimum atomic E-state index is 0.255. The highest BCUT2D eigenvalue weighted by Crippen LogP contribution is 2.29. The Morgan fingerprint density at radius 2 is 1.86 bits per heavy atom. The molecular weight excluding hydrogens is 276 g/mol. The molecule has 2 aromatic carbocycles. The lowest BCUT2D eigenvalue weighted by atomic mass is 10.1. The maximum atomic E-state index is 10.1. The van der Waals surface area contributed by atoms with Crippen LogP contribution < -0.4 is 5.32 Å². The molecule has 1 aromatic heterocycles. The van der Waals surface area contributed by atoms with Gasteiger partial charge in [0.05, 0.1) is 5.52 Å². The van der Waals surface area contributed by atoms with E-state index >= 15 is 0 Å². The summed E-state index contributed by atoms with van der Waals surface area (Å²) in [6.45, 7) is 0.654. The predicted octanol–water partition coefficient (Wildman–Crippen LogP) is 3.14. The van der Waals surface area contributed by atoms with E-state index in [4.69, 9.17) is 0 Å². The van der Waals surface area contributed by atoms with Crippen molar-refractivity contribution in [3.8, 4) is 5.75 Å². The van der Waals surface area contributed by atoms with Crippen LogP contribution in [0.4, 0.5) is 11.5 Å². The van der Waals surface area contributed by atoms with Crippen LogP contribution in [0.5, 0.6) is 5.75 Å². The van der Waals surface area contributed by atoms with Gasteiger partial charge in [-0.25, -0.2) is 9.97 Å². The molecule has 5 heteroatoms. The first-order chi connectivity index (χ1) is 10.6. The van der Waals surface area contributed by atoms with Gasteiger partial charge in [-0.15, -0.1) is 0 Å². The molecule has 1 heterocycles. The summed E-state index contributed by atoms with van der Waals surface area (Å²) in [4.78, 5) is 10.6. The smallest absolute Gasteiger partial charge is 0.141 e. The van der Waals surface area contributed by atoms with Crippen LogP contribution in [0.25, 0.3) is 10.9 Å². The molecule has 0 radical (unpaired) electrons. The Labute approximate surface area is 129 Å². The van der Waals surface area contributed by atoms with Gasteiger partial charge in [-0.1, -0.05) is 18.2 Å². The second-order valence-corrected chi connectivity index (χ2v) is 5.45. The Kier molecular flexibility index (Phi) is 3.89. The van der Waals surface area contributed by atoms with Gasteiger partial charge in [0.25, 0.3) is 0 Å². The summed E-state index contributed by atoms with van der Waals surface area (Å²) >= 11 is 0. The van der Waals surface area contributed by atoms with E-state index in [9.17, 15) is 5.11 Å². The third-order valence-electron chi connectivity index (χ3n) is 3.36. The number of nitrogens with one attached hydrogen (secondary N) is 1. The lowest BCUT2D eigenvalue weighted by molar-refractivity contribution is 0.386. The zero-order valence-corrected chi connectivity index (χ0v) is 12.6. The molecule has 0 aliphatic heterocycles. The number of anilines is 2. The molecule has 0 unspecified atom stereocenters. The number of fused-ring (bicyclic) bond motifs is 1. The van der Waals surface area contributed by atoms with Gasteiger partial charge in [-0.05, 0) is 32.3 Å². The van der Waals surface area contributed by atoms with Crippen molar-refractivity contribution in [3.05, 3.63) is 54.4 Å². The lowest BCUT2D eigenvalue weighted by Crippen LogP contribution is -2.11. The highest BCUT2D eigenvalue weighted by molar-refractivity contribution is 5.92. The molecule has 0 saturated carbocycles. The van der Waals surface area contributed by atoms with Gasteiger partial charge in [0.1, 0.15) is 17.9 Å². The number of nitrogens with zero attached hydrogens (tertiary/aromatic N) is 3. The number of rotatable bonds is 4. The summed E-state index contributed by atoms with van der Waals surface area (Å²) in [7, 11) is 3.93. The summed E-state index contributed by atoms with van der Waals surface area (Å²) < 4.78 is 0. The van der Waals surface area contributed by atoms with Crippen LogP contribution in [0.15, 0.2) is 48.8 Å². The summed E-state index contributed by atoms with van der Waals surface area (Å²) in [5.41, 5.74) is 2.53. The van der Waals surface area contributed by atoms with Crippen LogP contribution >= 0.6 is 0 Å². The van der Waals surface area contributed by atoms with Gasteiger partial charge in [0, 0.05) is 29.2 Å². The average Bonchev–Trinajstić information content (AvgIpc) is 2.49. The number of para-hydroxylation sites is 1. The summed E-state index contributed by atoms with van der Waals surface area (Å²) in [6, 6.07) is 13.5. The van der Waals surface area contributed by atoms with Crippen LogP contribution in [0, 0.1) is 0 Å². The molecule has 3 rings (SSSR count). The van der Waals surface area contributed by atoms with E-state index in [0.29, 0.717) is 12.1 Å². The van der Waals surface area contributed by atoms with Crippen molar-refractivity contribution in [2.45, 2.75) is 6.54 Å². The maximum Gasteiger partial charge on any atom is 0.141 e. The van der Waals surface area contributed by atoms with Crippen LogP contribution in [-0.2, 0) is 6.54 Å². The third kappa shape index (κ3) is 2.99. The Hall–Kier alpha value is -2.66. The zero-order chi connectivity index (χ0) is 15.5. The number of hydrogen-bond acceptors (Lipinski definition) is 5. The fourth-order valence-electron chi connectivity index (χ4n) is 2.36. The first-order valence-corrected chi connectivity index (χ1v) is 7.07. The van der Waals surface area contributed by atoms with Crippen molar-refractivity contribution in [2.24, 2.45) is 0 Å². The first kappa shape index (κ1) is 14.3. The van der Waals surface area contributed by atoms with Gasteiger partial charge in [-0.2, -0.15) is 0 Å². The maximum absolute atomic E-state index is 10.1. The van der Waals surface area contributed by atoms with Gasteiger partial charge < -0.3 is 15.3 Å². The predicted molar refractivity (Wildman–Crippen MR) is 88.3 cm³/mol. The van der Waals surface area contributed by atoms with Crippen LogP contribution in [0.2, 0.25) is 0 Å². The molecule has 0 saturated heterocycles. The Balaban J connectivity index is 2.06. The SMILES string of the molecule is CN(C)Cc1cc2c(Nc3ccccc3)ncnc2cc1O. The molecule has 0 aliphatic rings. The molecule has 112 valence electrons. The van der Waals surface area contributed by atoms with Crippen molar-refractivity contribution in [2.75, 3.05) is 19.4 Å². The van der Waals surface area contributed by atoms with E-state index in [2.05, 4.69) is 15.3 Å². The minimum absolute atomic E-state index is 0.255. The quantitative estimate of drug-likeness (QED) is 0.774. The summed E-state index contributed by atoms with van der Waals surface area (Å²) in [5, 5.41) is 14.3. The Morgan fingerprint density at radius 1 is 1.09 bits per heavy atom. The van der Waals surface area contributed by atoms with E-state index in [1.54, 1.807) is 6.07 Å². The minimum Gasteiger partial charge on any atom is -0.508 e. The number of phenols is 1. The number of aromatic nitrogens is 2. The lowest BCUT2D eigenvalue weighted by Gasteiger charge is -2.14. The molecular formula is C17H18N4O. The van der Waals surface area contributed by atoms with E-state index in [1.807, 2.05) is 55.4 Å². The standard InChI is InChI=1S/C17H18N4O/c1-21(2)10-12-8-14-15(9-16(12)22)18-11-19-17(14)20-13-6-4-3-5-7-13/h3-9,11,22H,10H2,1-2H3,(H,18,19,20). The van der Waals surface area contributed by atoms with E-state index in [-0.39, 0.29) is 5.75 Å². The molecule has 0 amide bonds. The molecule has 0 bridgehead atoms. The van der Waals surface area contributed by atoms with Crippen molar-refractivity contribution in [3.63, 3.8) is 0 Å². The topological polar surface area (TPSA) is 61.3 Å². The second-order valence-electron chi connectivity index (χ2n) is 5.45. The van der Waals surface area contributed by atoms with Crippen LogP contribution in [-0.4, -0.2) is 34.1 Å². The second kappa shape index (κ2) is 5.99. The molecule has 5 nitrogen and oxygen atoms in total. The Morgan fingerprint density at radius 3 is 2.59 bits per heavy atom. The summed E-state index contributed by atoms with van der Waals surface area (Å²) in [5.74, 6) is 0.988. The van der Waals surface area contributed by atoms with Gasteiger partial charge in [-0.3, -0.25) is 0 Å². The van der Waals surface area contributed by atoms with E-state index < -0.39 is 0 Å². The van der Waals surface area contributed by atoms with Gasteiger partial charge >= 0.3 is 0 Å². The van der Waals surface area contributed by atoms with E-state index in [1.165, 1.54) is 6.33 Å². The van der Waals surface area contributed by atoms with Crippen molar-refractivity contribution >= 4 is 22.4 Å². The highest BCUT2D eigenvalue weighted by atomic mass is 16.3. The monoisotopic (exact) mass is 294 g/mol. The molecule has 22 heavy (non-hydrogen) atoms. The largest absolute Gasteiger partial charge is 0.508 e. The average molecular weight is 294 g/mol. The van der Waals surface area contributed by atoms with Crippen LogP contribution in [0.3, 0.4) is 0 Å². The molecule has 0 atom stereocenters. The fourth-order valence-corrected chi connectivity index (χ4v) is 2.36. The molecule has 0 fully saturated rings. The summed E-state index contributed by atoms with van der Waals surface area (Å²) in [6.07, 6.45) is 1.50. The number of phenolic OH excluding ortho intramolecular Hbond substituents is 1. The number of aromatic hydroxyl groups is 1. The van der Waals surface area contributed by atoms with Gasteiger partial charge in [0.2, 0.25) is 0 Å². The van der Waals surface area contributed by atoms with Crippen molar-refractivity contribution in [1.29, 1.82) is 0 Å². The molecule has 3 aromatic rings. The number of benzene rings is 2. The third-order valence-corrected chi connectivity index (χ3v) is 3.36. The zero-order valence-electron chi connectivity index (χ0n) is 12.6. The molecule has 0 aliphatic carbocycles. The fraction of sp³-hybridized carbons (Fsp3) is 0.176. The first-order valence-electron chi connectivity index (χ1n) is 7.07.